The molecule has 258 valence electrons. The summed E-state index contributed by atoms with van der Waals surface area (Å²) in [6.45, 7) is 6.33. The Hall–Kier alpha value is -1.78. The maximum atomic E-state index is 12.7. The van der Waals surface area contributed by atoms with Gasteiger partial charge in [-0.05, 0) is 64.2 Å². The van der Waals surface area contributed by atoms with Gasteiger partial charge in [-0.2, -0.15) is 0 Å². The van der Waals surface area contributed by atoms with Crippen LogP contribution in [0, 0.1) is 5.41 Å². The van der Waals surface area contributed by atoms with E-state index in [9.17, 15) is 4.79 Å². The number of allylic oxidation sites excluding steroid dienone is 4. The number of hydrogen-bond acceptors (Lipinski definition) is 2. The van der Waals surface area contributed by atoms with Crippen LogP contribution >= 0.6 is 0 Å². The summed E-state index contributed by atoms with van der Waals surface area (Å²) in [6.07, 6.45) is 45.8. The third-order valence-electron chi connectivity index (χ3n) is 8.66. The normalized spacial score (nSPS) is 11.6. The maximum absolute atomic E-state index is 12.7. The molecule has 5 heteroatoms. The van der Waals surface area contributed by atoms with E-state index in [1.807, 2.05) is 4.90 Å². The molecule has 0 fully saturated rings. The zero-order chi connectivity index (χ0) is 32.2. The minimum absolute atomic E-state index is 0.0701. The highest BCUT2D eigenvalue weighted by Gasteiger charge is 2.12. The van der Waals surface area contributed by atoms with E-state index in [2.05, 4.69) is 43.5 Å². The minimum atomic E-state index is -0.132. The Balaban J connectivity index is 3.85. The van der Waals surface area contributed by atoms with Crippen LogP contribution in [0.1, 0.15) is 194 Å². The molecule has 0 unspecified atom stereocenters. The van der Waals surface area contributed by atoms with Gasteiger partial charge in [0.2, 0.25) is 5.91 Å². The number of amides is 1. The summed E-state index contributed by atoms with van der Waals surface area (Å²) in [7, 11) is 0. The largest absolute Gasteiger partial charge is 0.370 e. The van der Waals surface area contributed by atoms with Gasteiger partial charge in [0, 0.05) is 13.1 Å². The molecule has 0 bridgehead atoms. The van der Waals surface area contributed by atoms with Gasteiger partial charge in [-0.15, -0.1) is 0 Å². The zero-order valence-electron chi connectivity index (χ0n) is 29.7. The minimum Gasteiger partial charge on any atom is -0.370 e. The number of carbonyl (C=O) groups excluding carboxylic acids is 1. The first-order valence-electron chi connectivity index (χ1n) is 19.3. The summed E-state index contributed by atoms with van der Waals surface area (Å²) in [4.78, 5) is 14.7. The molecule has 0 heterocycles. The highest BCUT2D eigenvalue weighted by Crippen LogP contribution is 2.13. The molecule has 0 aliphatic heterocycles. The number of unbranched alkanes of at least 4 members (excludes halogenated alkanes) is 24. The van der Waals surface area contributed by atoms with Crippen LogP contribution in [-0.4, -0.2) is 36.4 Å². The second-order valence-electron chi connectivity index (χ2n) is 13.0. The predicted molar refractivity (Wildman–Crippen MR) is 195 cm³/mol. The number of hydrogen-bond donors (Lipinski definition) is 3. The Morgan fingerprint density at radius 3 is 1.14 bits per heavy atom. The van der Waals surface area contributed by atoms with E-state index in [1.165, 1.54) is 167 Å². The van der Waals surface area contributed by atoms with Crippen LogP contribution in [0.15, 0.2) is 24.3 Å². The van der Waals surface area contributed by atoms with Crippen LogP contribution in [0.25, 0.3) is 0 Å². The van der Waals surface area contributed by atoms with Gasteiger partial charge in [-0.3, -0.25) is 10.2 Å². The van der Waals surface area contributed by atoms with Crippen LogP contribution in [0.3, 0.4) is 0 Å². The van der Waals surface area contributed by atoms with E-state index in [1.54, 1.807) is 0 Å². The average molecular weight is 617 g/mol. The lowest BCUT2D eigenvalue weighted by Gasteiger charge is -2.23. The van der Waals surface area contributed by atoms with E-state index >= 15 is 0 Å². The van der Waals surface area contributed by atoms with Crippen molar-refractivity contribution in [1.82, 2.24) is 10.2 Å². The molecule has 0 aliphatic carbocycles. The molecule has 0 spiro atoms. The second-order valence-corrected chi connectivity index (χ2v) is 13.0. The topological polar surface area (TPSA) is 82.2 Å². The lowest BCUT2D eigenvalue weighted by Crippen LogP contribution is -2.43. The van der Waals surface area contributed by atoms with Crippen molar-refractivity contribution in [3.05, 3.63) is 24.3 Å². The van der Waals surface area contributed by atoms with Crippen LogP contribution in [0.5, 0.6) is 0 Å². The molecule has 0 saturated heterocycles. The maximum Gasteiger partial charge on any atom is 0.241 e. The van der Waals surface area contributed by atoms with Gasteiger partial charge < -0.3 is 16.0 Å². The van der Waals surface area contributed by atoms with Gasteiger partial charge in [0.15, 0.2) is 5.96 Å². The quantitative estimate of drug-likeness (QED) is 0.0291. The van der Waals surface area contributed by atoms with E-state index in [0.717, 1.165) is 25.9 Å². The summed E-state index contributed by atoms with van der Waals surface area (Å²) in [6, 6.07) is 0. The molecular formula is C39H76N4O. The van der Waals surface area contributed by atoms with E-state index < -0.39 is 0 Å². The van der Waals surface area contributed by atoms with Gasteiger partial charge >= 0.3 is 0 Å². The first-order valence-corrected chi connectivity index (χ1v) is 19.3. The molecule has 0 aliphatic rings. The number of guanidine groups is 1. The molecule has 0 aromatic heterocycles. The summed E-state index contributed by atoms with van der Waals surface area (Å²) >= 11 is 0. The number of nitrogens with one attached hydrogen (secondary N) is 2. The Morgan fingerprint density at radius 2 is 0.818 bits per heavy atom. The van der Waals surface area contributed by atoms with Crippen molar-refractivity contribution in [1.29, 1.82) is 5.41 Å². The Bertz CT molecular complexity index is 633. The first-order chi connectivity index (χ1) is 21.6. The van der Waals surface area contributed by atoms with Crippen LogP contribution in [-0.2, 0) is 4.79 Å². The third kappa shape index (κ3) is 33.1. The summed E-state index contributed by atoms with van der Waals surface area (Å²) in [5.74, 6) is -0.0616. The lowest BCUT2D eigenvalue weighted by molar-refractivity contribution is -0.130. The fourth-order valence-corrected chi connectivity index (χ4v) is 5.74. The Labute approximate surface area is 275 Å². The van der Waals surface area contributed by atoms with Gasteiger partial charge in [0.05, 0.1) is 6.54 Å². The molecule has 0 aromatic rings. The van der Waals surface area contributed by atoms with Crippen LogP contribution in [0.4, 0.5) is 0 Å². The van der Waals surface area contributed by atoms with Gasteiger partial charge in [-0.25, -0.2) is 0 Å². The SMILES string of the molecule is CCCCCCCC/C=C/CCCCCCCCN(CCCCCCCC/C=C/CCCCCCCC)C(=O)CNC(=N)N. The molecule has 5 nitrogen and oxygen atoms in total. The summed E-state index contributed by atoms with van der Waals surface area (Å²) in [5.41, 5.74) is 5.41. The highest BCUT2D eigenvalue weighted by atomic mass is 16.2. The average Bonchev–Trinajstić information content (AvgIpc) is 3.02. The number of rotatable bonds is 34. The van der Waals surface area contributed by atoms with Crippen LogP contribution in [0.2, 0.25) is 0 Å². The van der Waals surface area contributed by atoms with E-state index in [-0.39, 0.29) is 18.4 Å². The van der Waals surface area contributed by atoms with E-state index in [4.69, 9.17) is 11.1 Å². The van der Waals surface area contributed by atoms with Gasteiger partial charge in [0.1, 0.15) is 0 Å². The lowest BCUT2D eigenvalue weighted by atomic mass is 10.1. The van der Waals surface area contributed by atoms with Crippen molar-refractivity contribution in [3.63, 3.8) is 0 Å². The fourth-order valence-electron chi connectivity index (χ4n) is 5.74. The molecule has 4 N–H and O–H groups in total. The van der Waals surface area contributed by atoms with Crippen molar-refractivity contribution in [3.8, 4) is 0 Å². The number of carbonyl (C=O) groups is 1. The zero-order valence-corrected chi connectivity index (χ0v) is 29.7. The second kappa shape index (κ2) is 35.7. The molecule has 44 heavy (non-hydrogen) atoms. The number of nitrogens with two attached hydrogens (primary N) is 1. The van der Waals surface area contributed by atoms with Gasteiger partial charge in [-0.1, -0.05) is 154 Å². The monoisotopic (exact) mass is 617 g/mol. The molecule has 0 aromatic carbocycles. The summed E-state index contributed by atoms with van der Waals surface area (Å²) in [5, 5.41) is 10.1. The highest BCUT2D eigenvalue weighted by molar-refractivity contribution is 5.84. The first kappa shape index (κ1) is 42.2. The van der Waals surface area contributed by atoms with Crippen molar-refractivity contribution in [2.24, 2.45) is 5.73 Å². The van der Waals surface area contributed by atoms with Crippen molar-refractivity contribution in [2.45, 2.75) is 194 Å². The smallest absolute Gasteiger partial charge is 0.241 e. The van der Waals surface area contributed by atoms with Crippen LogP contribution < -0.4 is 11.1 Å². The van der Waals surface area contributed by atoms with Crippen molar-refractivity contribution < 1.29 is 4.79 Å². The molecule has 0 rings (SSSR count). The van der Waals surface area contributed by atoms with E-state index in [0.29, 0.717) is 0 Å². The number of nitrogens with zero attached hydrogens (tertiary/aromatic N) is 1. The molecule has 0 saturated carbocycles. The standard InChI is InChI=1S/C39H76N4O/c1-3-5-7-9-11-13-15-17-19-21-23-25-27-29-31-33-35-43(38(44)37-42-39(40)41)36-34-32-30-28-26-24-22-20-18-16-14-12-10-8-6-4-2/h17-20H,3-16,21-37H2,1-2H3,(H4,40,41,42)/b19-17+,20-18+. The Morgan fingerprint density at radius 1 is 0.523 bits per heavy atom. The third-order valence-corrected chi connectivity index (χ3v) is 8.66. The molecule has 1 amide bonds. The molecular weight excluding hydrogens is 540 g/mol. The van der Waals surface area contributed by atoms with Crippen molar-refractivity contribution >= 4 is 11.9 Å². The fraction of sp³-hybridized carbons (Fsp3) is 0.846. The molecule has 0 atom stereocenters. The Kier molecular flexibility index (Phi) is 34.3. The predicted octanol–water partition coefficient (Wildman–Crippen LogP) is 11.4. The van der Waals surface area contributed by atoms with Crippen molar-refractivity contribution in [2.75, 3.05) is 19.6 Å². The molecule has 0 radical (unpaired) electrons. The summed E-state index contributed by atoms with van der Waals surface area (Å²) < 4.78 is 0. The van der Waals surface area contributed by atoms with Gasteiger partial charge in [0.25, 0.3) is 0 Å².